The highest BCUT2D eigenvalue weighted by Gasteiger charge is 2.20. The van der Waals surface area contributed by atoms with Gasteiger partial charge in [-0.1, -0.05) is 0 Å². The fourth-order valence-corrected chi connectivity index (χ4v) is 2.26. The summed E-state index contributed by atoms with van der Waals surface area (Å²) in [6, 6.07) is 2.67. The fourth-order valence-electron chi connectivity index (χ4n) is 1.43. The second kappa shape index (κ2) is 4.75. The first-order valence-corrected chi connectivity index (χ1v) is 6.67. The summed E-state index contributed by atoms with van der Waals surface area (Å²) in [5, 5.41) is 0. The Bertz CT molecular complexity index is 545. The van der Waals surface area contributed by atoms with E-state index in [2.05, 4.69) is 0 Å². The maximum absolute atomic E-state index is 11.5. The minimum Gasteiger partial charge on any atom is -0.496 e. The van der Waals surface area contributed by atoms with Crippen molar-refractivity contribution < 1.29 is 22.7 Å². The summed E-state index contributed by atoms with van der Waals surface area (Å²) in [6.45, 7) is 1.37. The molecule has 17 heavy (non-hydrogen) atoms. The molecule has 0 unspecified atom stereocenters. The van der Waals surface area contributed by atoms with Gasteiger partial charge in [0.25, 0.3) is 0 Å². The van der Waals surface area contributed by atoms with Gasteiger partial charge in [-0.05, 0) is 13.0 Å². The van der Waals surface area contributed by atoms with E-state index < -0.39 is 9.84 Å². The van der Waals surface area contributed by atoms with Crippen LogP contribution < -0.4 is 9.47 Å². The van der Waals surface area contributed by atoms with Crippen LogP contribution in [0.5, 0.6) is 11.5 Å². The van der Waals surface area contributed by atoms with E-state index in [1.165, 1.54) is 33.3 Å². The lowest BCUT2D eigenvalue weighted by molar-refractivity contribution is 0.101. The van der Waals surface area contributed by atoms with Crippen LogP contribution in [0, 0.1) is 0 Å². The van der Waals surface area contributed by atoms with Crippen molar-refractivity contribution >= 4 is 15.6 Å². The van der Waals surface area contributed by atoms with Crippen molar-refractivity contribution in [2.24, 2.45) is 0 Å². The van der Waals surface area contributed by atoms with Crippen molar-refractivity contribution in [3.8, 4) is 11.5 Å². The Balaban J connectivity index is 3.61. The molecule has 0 atom stereocenters. The average Bonchev–Trinajstić information content (AvgIpc) is 2.25. The monoisotopic (exact) mass is 258 g/mol. The van der Waals surface area contributed by atoms with Crippen LogP contribution in [0.4, 0.5) is 0 Å². The molecule has 0 N–H and O–H groups in total. The summed E-state index contributed by atoms with van der Waals surface area (Å²) in [5.41, 5.74) is 0.289. The van der Waals surface area contributed by atoms with Gasteiger partial charge in [0.1, 0.15) is 16.4 Å². The third-order valence-electron chi connectivity index (χ3n) is 2.26. The number of ether oxygens (including phenoxy) is 2. The number of Topliss-reactive ketones (excluding diaryl/α,β-unsaturated/α-hetero) is 1. The van der Waals surface area contributed by atoms with Crippen LogP contribution in [-0.4, -0.2) is 34.7 Å². The first-order valence-electron chi connectivity index (χ1n) is 4.78. The zero-order valence-corrected chi connectivity index (χ0v) is 10.9. The third-order valence-corrected chi connectivity index (χ3v) is 3.38. The normalized spacial score (nSPS) is 11.1. The molecule has 5 nitrogen and oxygen atoms in total. The molecule has 94 valence electrons. The molecule has 0 amide bonds. The maximum atomic E-state index is 11.5. The summed E-state index contributed by atoms with van der Waals surface area (Å²) in [7, 11) is -0.714. The highest BCUT2D eigenvalue weighted by atomic mass is 32.2. The molecule has 0 radical (unpaired) electrons. The van der Waals surface area contributed by atoms with Crippen molar-refractivity contribution in [3.05, 3.63) is 17.7 Å². The van der Waals surface area contributed by atoms with E-state index in [0.29, 0.717) is 0 Å². The van der Waals surface area contributed by atoms with E-state index >= 15 is 0 Å². The Morgan fingerprint density at radius 1 is 1.12 bits per heavy atom. The molecule has 0 heterocycles. The van der Waals surface area contributed by atoms with E-state index in [4.69, 9.17) is 9.47 Å². The number of methoxy groups -OCH3 is 2. The van der Waals surface area contributed by atoms with Gasteiger partial charge in [-0.3, -0.25) is 4.79 Å². The van der Waals surface area contributed by atoms with Gasteiger partial charge in [-0.15, -0.1) is 0 Å². The van der Waals surface area contributed by atoms with E-state index in [-0.39, 0.29) is 27.7 Å². The number of rotatable bonds is 4. The molecular weight excluding hydrogens is 244 g/mol. The topological polar surface area (TPSA) is 69.7 Å². The smallest absolute Gasteiger partial charge is 0.179 e. The second-order valence-corrected chi connectivity index (χ2v) is 5.52. The maximum Gasteiger partial charge on any atom is 0.179 e. The molecule has 0 saturated heterocycles. The van der Waals surface area contributed by atoms with Crippen LogP contribution in [0.2, 0.25) is 0 Å². The Kier molecular flexibility index (Phi) is 3.77. The Morgan fingerprint density at radius 3 is 2.00 bits per heavy atom. The van der Waals surface area contributed by atoms with Gasteiger partial charge in [0.2, 0.25) is 0 Å². The molecule has 0 aromatic heterocycles. The lowest BCUT2D eigenvalue weighted by atomic mass is 10.1. The van der Waals surface area contributed by atoms with Gasteiger partial charge < -0.3 is 9.47 Å². The molecule has 0 aliphatic rings. The van der Waals surface area contributed by atoms with Crippen molar-refractivity contribution in [1.82, 2.24) is 0 Å². The first-order chi connectivity index (χ1) is 7.81. The first kappa shape index (κ1) is 13.5. The number of ketones is 1. The summed E-state index contributed by atoms with van der Waals surface area (Å²) in [4.78, 5) is 11.4. The predicted octanol–water partition coefficient (Wildman–Crippen LogP) is 1.31. The number of carbonyl (C=O) groups excluding carboxylic acids is 1. The zero-order chi connectivity index (χ0) is 13.2. The quantitative estimate of drug-likeness (QED) is 0.761. The number of hydrogen-bond donors (Lipinski definition) is 0. The van der Waals surface area contributed by atoms with E-state index in [1.807, 2.05) is 0 Å². The van der Waals surface area contributed by atoms with E-state index in [0.717, 1.165) is 6.26 Å². The molecule has 1 aromatic rings. The minimum atomic E-state index is -3.44. The predicted molar refractivity (Wildman–Crippen MR) is 62.7 cm³/mol. The van der Waals surface area contributed by atoms with E-state index in [9.17, 15) is 13.2 Å². The van der Waals surface area contributed by atoms with Crippen molar-refractivity contribution in [2.75, 3.05) is 20.5 Å². The zero-order valence-electron chi connectivity index (χ0n) is 10.1. The Labute approximate surface area is 100 Å². The van der Waals surface area contributed by atoms with Gasteiger partial charge in [0.05, 0.1) is 19.8 Å². The molecule has 0 fully saturated rings. The lowest BCUT2D eigenvalue weighted by Gasteiger charge is -2.12. The van der Waals surface area contributed by atoms with Gasteiger partial charge in [0.15, 0.2) is 15.6 Å². The summed E-state index contributed by atoms with van der Waals surface area (Å²) >= 11 is 0. The number of hydrogen-bond acceptors (Lipinski definition) is 5. The number of benzene rings is 1. The van der Waals surface area contributed by atoms with Crippen LogP contribution in [0.3, 0.4) is 0 Å². The molecule has 1 rings (SSSR count). The van der Waals surface area contributed by atoms with Gasteiger partial charge in [-0.2, -0.15) is 0 Å². The molecule has 0 bridgehead atoms. The molecule has 0 aliphatic heterocycles. The van der Waals surface area contributed by atoms with Gasteiger partial charge >= 0.3 is 0 Å². The molecule has 0 saturated carbocycles. The third kappa shape index (κ3) is 2.76. The second-order valence-electron chi connectivity index (χ2n) is 3.53. The van der Waals surface area contributed by atoms with Gasteiger partial charge in [0, 0.05) is 12.3 Å². The average molecular weight is 258 g/mol. The molecule has 0 aliphatic carbocycles. The summed E-state index contributed by atoms with van der Waals surface area (Å²) in [6.07, 6.45) is 1.07. The minimum absolute atomic E-state index is 0.00171. The number of sulfone groups is 1. The van der Waals surface area contributed by atoms with Crippen LogP contribution >= 0.6 is 0 Å². The standard InChI is InChI=1S/C11H14O5S/c1-7(12)8-5-10(16-3)11(17(4,13)14)6-9(8)15-2/h5-6H,1-4H3. The summed E-state index contributed by atoms with van der Waals surface area (Å²) in [5.74, 6) is 0.137. The highest BCUT2D eigenvalue weighted by Crippen LogP contribution is 2.32. The van der Waals surface area contributed by atoms with Crippen LogP contribution in [0.1, 0.15) is 17.3 Å². The lowest BCUT2D eigenvalue weighted by Crippen LogP contribution is -2.05. The Hall–Kier alpha value is -1.56. The van der Waals surface area contributed by atoms with Crippen LogP contribution in [-0.2, 0) is 9.84 Å². The van der Waals surface area contributed by atoms with Crippen LogP contribution in [0.15, 0.2) is 17.0 Å². The van der Waals surface area contributed by atoms with Crippen LogP contribution in [0.25, 0.3) is 0 Å². The molecule has 1 aromatic carbocycles. The van der Waals surface area contributed by atoms with Gasteiger partial charge in [-0.25, -0.2) is 8.42 Å². The van der Waals surface area contributed by atoms with E-state index in [1.54, 1.807) is 0 Å². The molecule has 0 spiro atoms. The molecule has 6 heteroatoms. The van der Waals surface area contributed by atoms with Crippen molar-refractivity contribution in [2.45, 2.75) is 11.8 Å². The molecular formula is C11H14O5S. The largest absolute Gasteiger partial charge is 0.496 e. The highest BCUT2D eigenvalue weighted by molar-refractivity contribution is 7.90. The van der Waals surface area contributed by atoms with Crippen molar-refractivity contribution in [1.29, 1.82) is 0 Å². The van der Waals surface area contributed by atoms with Crippen molar-refractivity contribution in [3.63, 3.8) is 0 Å². The Morgan fingerprint density at radius 2 is 1.65 bits per heavy atom. The summed E-state index contributed by atoms with van der Waals surface area (Å²) < 4.78 is 33.1. The SMILES string of the molecule is COc1cc(S(C)(=O)=O)c(OC)cc1C(C)=O. The fraction of sp³-hybridized carbons (Fsp3) is 0.364. The number of carbonyl (C=O) groups is 1.